The molecule has 0 spiro atoms. The van der Waals surface area contributed by atoms with E-state index in [9.17, 15) is 8.42 Å². The maximum atomic E-state index is 11.7. The van der Waals surface area contributed by atoms with Crippen LogP contribution in [0.4, 0.5) is 0 Å². The zero-order chi connectivity index (χ0) is 18.9. The quantitative estimate of drug-likeness (QED) is 0.657. The lowest BCUT2D eigenvalue weighted by atomic mass is 10.2. The van der Waals surface area contributed by atoms with Crippen molar-refractivity contribution in [3.63, 3.8) is 0 Å². The molecule has 1 heterocycles. The summed E-state index contributed by atoms with van der Waals surface area (Å²) in [6, 6.07) is 15.1. The number of hydrogen-bond acceptors (Lipinski definition) is 4. The summed E-state index contributed by atoms with van der Waals surface area (Å²) in [5.74, 6) is 0. The van der Waals surface area contributed by atoms with E-state index in [1.54, 1.807) is 12.1 Å². The second-order valence-electron chi connectivity index (χ2n) is 6.24. The lowest BCUT2D eigenvalue weighted by Gasteiger charge is -2.21. The first-order valence-corrected chi connectivity index (χ1v) is 10.2. The van der Waals surface area contributed by atoms with Gasteiger partial charge in [0.15, 0.2) is 4.77 Å². The van der Waals surface area contributed by atoms with Crippen LogP contribution >= 0.6 is 12.2 Å². The Morgan fingerprint density at radius 2 is 1.81 bits per heavy atom. The SMILES string of the molecule is CCN(Cc1ccccc1)Cn1c(=S)n(C)c2ccc(S(N)(=O)=O)cc21. The summed E-state index contributed by atoms with van der Waals surface area (Å²) in [4.78, 5) is 2.33. The first-order valence-electron chi connectivity index (χ1n) is 8.29. The molecule has 8 heteroatoms. The number of aryl methyl sites for hydroxylation is 1. The molecule has 6 nitrogen and oxygen atoms in total. The lowest BCUT2D eigenvalue weighted by molar-refractivity contribution is 0.222. The third kappa shape index (κ3) is 3.73. The number of hydrogen-bond donors (Lipinski definition) is 1. The molecule has 3 aromatic rings. The minimum atomic E-state index is -3.77. The highest BCUT2D eigenvalue weighted by Crippen LogP contribution is 2.21. The Bertz CT molecular complexity index is 1090. The van der Waals surface area contributed by atoms with Crippen LogP contribution in [-0.4, -0.2) is 29.0 Å². The second kappa shape index (κ2) is 7.32. The highest BCUT2D eigenvalue weighted by atomic mass is 32.2. The fourth-order valence-corrected chi connectivity index (χ4v) is 3.80. The molecule has 0 radical (unpaired) electrons. The molecule has 0 aliphatic rings. The predicted octanol–water partition coefficient (Wildman–Crippen LogP) is 2.84. The van der Waals surface area contributed by atoms with Gasteiger partial charge in [0.2, 0.25) is 10.0 Å². The Kier molecular flexibility index (Phi) is 5.29. The number of sulfonamides is 1. The van der Waals surface area contributed by atoms with E-state index < -0.39 is 10.0 Å². The van der Waals surface area contributed by atoms with Crippen LogP contribution < -0.4 is 5.14 Å². The standard InChI is InChI=1S/C18H22N4O2S2/c1-3-21(12-14-7-5-4-6-8-14)13-22-17-11-15(26(19,23)24)9-10-16(17)20(2)18(22)25/h4-11H,3,12-13H2,1-2H3,(H2,19,23,24). The second-order valence-corrected chi connectivity index (χ2v) is 8.16. The largest absolute Gasteiger partial charge is 0.320 e. The Hall–Kier alpha value is -2.00. The highest BCUT2D eigenvalue weighted by Gasteiger charge is 2.15. The fraction of sp³-hybridized carbons (Fsp3) is 0.278. The minimum absolute atomic E-state index is 0.0884. The van der Waals surface area contributed by atoms with E-state index in [0.29, 0.717) is 11.4 Å². The van der Waals surface area contributed by atoms with Gasteiger partial charge in [-0.05, 0) is 42.5 Å². The molecule has 0 saturated heterocycles. The van der Waals surface area contributed by atoms with Gasteiger partial charge in [0.1, 0.15) is 0 Å². The normalized spacial score (nSPS) is 12.2. The van der Waals surface area contributed by atoms with Gasteiger partial charge in [-0.25, -0.2) is 13.6 Å². The average molecular weight is 391 g/mol. The topological polar surface area (TPSA) is 73.3 Å². The summed E-state index contributed by atoms with van der Waals surface area (Å²) in [6.45, 7) is 4.27. The number of imidazole rings is 1. The van der Waals surface area contributed by atoms with E-state index in [-0.39, 0.29) is 4.90 Å². The van der Waals surface area contributed by atoms with Gasteiger partial charge in [0.25, 0.3) is 0 Å². The van der Waals surface area contributed by atoms with E-state index in [1.165, 1.54) is 11.6 Å². The van der Waals surface area contributed by atoms with Crippen molar-refractivity contribution in [2.24, 2.45) is 12.2 Å². The number of primary sulfonamides is 1. The van der Waals surface area contributed by atoms with Crippen LogP contribution in [0.5, 0.6) is 0 Å². The monoisotopic (exact) mass is 390 g/mol. The average Bonchev–Trinajstić information content (AvgIpc) is 2.85. The summed E-state index contributed by atoms with van der Waals surface area (Å²) in [7, 11) is -1.89. The maximum absolute atomic E-state index is 11.7. The minimum Gasteiger partial charge on any atom is -0.320 e. The number of benzene rings is 2. The first-order chi connectivity index (χ1) is 12.3. The summed E-state index contributed by atoms with van der Waals surface area (Å²) < 4.78 is 27.9. The molecule has 26 heavy (non-hydrogen) atoms. The summed E-state index contributed by atoms with van der Waals surface area (Å²) in [5, 5.41) is 5.29. The van der Waals surface area contributed by atoms with Gasteiger partial charge in [0.05, 0.1) is 22.6 Å². The number of nitrogens with two attached hydrogens (primary N) is 1. The molecule has 0 unspecified atom stereocenters. The van der Waals surface area contributed by atoms with Crippen molar-refractivity contribution in [1.29, 1.82) is 0 Å². The van der Waals surface area contributed by atoms with Crippen LogP contribution in [0.15, 0.2) is 53.4 Å². The zero-order valence-corrected chi connectivity index (χ0v) is 16.4. The molecule has 2 aromatic carbocycles. The molecular formula is C18H22N4O2S2. The van der Waals surface area contributed by atoms with Gasteiger partial charge in [0, 0.05) is 13.6 Å². The number of fused-ring (bicyclic) bond motifs is 1. The smallest absolute Gasteiger partial charge is 0.238 e. The molecule has 0 bridgehead atoms. The Labute approximate surface area is 158 Å². The van der Waals surface area contributed by atoms with E-state index in [4.69, 9.17) is 17.4 Å². The van der Waals surface area contributed by atoms with Crippen molar-refractivity contribution < 1.29 is 8.42 Å². The molecule has 0 fully saturated rings. The summed E-state index contributed by atoms with van der Waals surface area (Å²) in [6.07, 6.45) is 0. The first kappa shape index (κ1) is 18.8. The van der Waals surface area contributed by atoms with Gasteiger partial charge >= 0.3 is 0 Å². The van der Waals surface area contributed by atoms with Gasteiger partial charge in [-0.3, -0.25) is 4.90 Å². The molecule has 2 N–H and O–H groups in total. The van der Waals surface area contributed by atoms with E-state index in [2.05, 4.69) is 24.0 Å². The fourth-order valence-electron chi connectivity index (χ4n) is 3.01. The van der Waals surface area contributed by atoms with Crippen LogP contribution in [-0.2, 0) is 30.3 Å². The van der Waals surface area contributed by atoms with Crippen molar-refractivity contribution in [3.05, 3.63) is 58.9 Å². The van der Waals surface area contributed by atoms with Gasteiger partial charge in [-0.2, -0.15) is 0 Å². The van der Waals surface area contributed by atoms with Crippen LogP contribution in [0.3, 0.4) is 0 Å². The van der Waals surface area contributed by atoms with Crippen molar-refractivity contribution in [1.82, 2.24) is 14.0 Å². The Morgan fingerprint density at radius 1 is 1.12 bits per heavy atom. The number of aromatic nitrogens is 2. The van der Waals surface area contributed by atoms with Crippen LogP contribution in [0, 0.1) is 4.77 Å². The van der Waals surface area contributed by atoms with Crippen molar-refractivity contribution >= 4 is 33.3 Å². The third-order valence-electron chi connectivity index (χ3n) is 4.48. The molecular weight excluding hydrogens is 368 g/mol. The molecule has 3 rings (SSSR count). The van der Waals surface area contributed by atoms with Crippen LogP contribution in [0.1, 0.15) is 12.5 Å². The molecule has 0 amide bonds. The summed E-state index contributed by atoms with van der Waals surface area (Å²) in [5.41, 5.74) is 2.85. The van der Waals surface area contributed by atoms with Gasteiger partial charge < -0.3 is 9.13 Å². The van der Waals surface area contributed by atoms with Gasteiger partial charge in [-0.15, -0.1) is 0 Å². The highest BCUT2D eigenvalue weighted by molar-refractivity contribution is 7.89. The summed E-state index contributed by atoms with van der Waals surface area (Å²) >= 11 is 5.58. The Morgan fingerprint density at radius 3 is 2.42 bits per heavy atom. The van der Waals surface area contributed by atoms with Crippen molar-refractivity contribution in [2.75, 3.05) is 6.54 Å². The zero-order valence-electron chi connectivity index (χ0n) is 14.8. The maximum Gasteiger partial charge on any atom is 0.238 e. The molecule has 0 atom stereocenters. The molecule has 1 aromatic heterocycles. The van der Waals surface area contributed by atoms with Crippen molar-refractivity contribution in [2.45, 2.75) is 25.0 Å². The van der Waals surface area contributed by atoms with Crippen molar-refractivity contribution in [3.8, 4) is 0 Å². The molecule has 0 aliphatic heterocycles. The molecule has 0 aliphatic carbocycles. The lowest BCUT2D eigenvalue weighted by Crippen LogP contribution is -2.26. The van der Waals surface area contributed by atoms with E-state index in [1.807, 2.05) is 34.4 Å². The van der Waals surface area contributed by atoms with E-state index in [0.717, 1.165) is 24.1 Å². The number of rotatable bonds is 6. The predicted molar refractivity (Wildman–Crippen MR) is 106 cm³/mol. The number of nitrogens with zero attached hydrogens (tertiary/aromatic N) is 3. The van der Waals surface area contributed by atoms with Crippen LogP contribution in [0.25, 0.3) is 11.0 Å². The van der Waals surface area contributed by atoms with Crippen LogP contribution in [0.2, 0.25) is 0 Å². The van der Waals surface area contributed by atoms with Gasteiger partial charge in [-0.1, -0.05) is 37.3 Å². The molecule has 138 valence electrons. The third-order valence-corrected chi connectivity index (χ3v) is 5.89. The molecule has 0 saturated carbocycles. The Balaban J connectivity index is 2.03. The van der Waals surface area contributed by atoms with E-state index >= 15 is 0 Å².